The molecule has 0 saturated carbocycles. The molecule has 0 aliphatic heterocycles. The first-order chi connectivity index (χ1) is 9.74. The molecule has 20 heavy (non-hydrogen) atoms. The summed E-state index contributed by atoms with van der Waals surface area (Å²) >= 11 is 0. The fourth-order valence-corrected chi connectivity index (χ4v) is 2.05. The lowest BCUT2D eigenvalue weighted by molar-refractivity contribution is 0.102. The van der Waals surface area contributed by atoms with Gasteiger partial charge < -0.3 is 10.2 Å². The summed E-state index contributed by atoms with van der Waals surface area (Å²) in [5.41, 5.74) is 2.56. The van der Waals surface area contributed by atoms with E-state index in [1.807, 2.05) is 24.3 Å². The number of nitrogens with zero attached hydrogens (tertiary/aromatic N) is 2. The number of amides is 1. The maximum absolute atomic E-state index is 12.0. The number of carbonyl (C=O) groups excluding carboxylic acids is 1. The van der Waals surface area contributed by atoms with Gasteiger partial charge in [0.25, 0.3) is 5.91 Å². The summed E-state index contributed by atoms with van der Waals surface area (Å²) in [5, 5.41) is 2.88. The van der Waals surface area contributed by atoms with Gasteiger partial charge in [0.15, 0.2) is 0 Å². The highest BCUT2D eigenvalue weighted by atomic mass is 16.1. The molecule has 1 heterocycles. The van der Waals surface area contributed by atoms with Crippen LogP contribution in [0.5, 0.6) is 0 Å². The molecule has 4 nitrogen and oxygen atoms in total. The highest BCUT2D eigenvalue weighted by Gasteiger charge is 2.06. The molecule has 0 saturated heterocycles. The second-order valence-electron chi connectivity index (χ2n) is 4.41. The van der Waals surface area contributed by atoms with Gasteiger partial charge in [0, 0.05) is 42.4 Å². The zero-order valence-electron chi connectivity index (χ0n) is 11.8. The number of carbonyl (C=O) groups is 1. The number of anilines is 2. The predicted molar refractivity (Wildman–Crippen MR) is 82.2 cm³/mol. The SMILES string of the molecule is CCN(CC)c1ccc(NC(=O)c2ccncc2)cc1. The van der Waals surface area contributed by atoms with Crippen molar-refractivity contribution in [2.45, 2.75) is 13.8 Å². The molecule has 0 unspecified atom stereocenters. The van der Waals surface area contributed by atoms with Gasteiger partial charge in [-0.1, -0.05) is 0 Å². The second-order valence-corrected chi connectivity index (χ2v) is 4.41. The Balaban J connectivity index is 2.06. The van der Waals surface area contributed by atoms with Gasteiger partial charge in [0.2, 0.25) is 0 Å². The lowest BCUT2D eigenvalue weighted by atomic mass is 10.2. The number of hydrogen-bond acceptors (Lipinski definition) is 3. The molecule has 0 aliphatic rings. The minimum Gasteiger partial charge on any atom is -0.372 e. The molecule has 2 aromatic rings. The van der Waals surface area contributed by atoms with Gasteiger partial charge in [-0.05, 0) is 50.2 Å². The van der Waals surface area contributed by atoms with Gasteiger partial charge in [-0.25, -0.2) is 0 Å². The minimum atomic E-state index is -0.122. The van der Waals surface area contributed by atoms with E-state index in [-0.39, 0.29) is 5.91 Å². The van der Waals surface area contributed by atoms with Crippen LogP contribution >= 0.6 is 0 Å². The Kier molecular flexibility index (Phi) is 4.71. The molecule has 1 aromatic carbocycles. The summed E-state index contributed by atoms with van der Waals surface area (Å²) in [7, 11) is 0. The Morgan fingerprint density at radius 1 is 1.05 bits per heavy atom. The molecule has 0 radical (unpaired) electrons. The van der Waals surface area contributed by atoms with E-state index in [1.54, 1.807) is 24.5 Å². The highest BCUT2D eigenvalue weighted by molar-refractivity contribution is 6.04. The lowest BCUT2D eigenvalue weighted by Crippen LogP contribution is -2.21. The summed E-state index contributed by atoms with van der Waals surface area (Å²) in [6.07, 6.45) is 3.22. The van der Waals surface area contributed by atoms with Gasteiger partial charge in [-0.15, -0.1) is 0 Å². The van der Waals surface area contributed by atoms with Crippen LogP contribution < -0.4 is 10.2 Å². The summed E-state index contributed by atoms with van der Waals surface area (Å²) in [6, 6.07) is 11.3. The number of hydrogen-bond donors (Lipinski definition) is 1. The van der Waals surface area contributed by atoms with E-state index < -0.39 is 0 Å². The average molecular weight is 269 g/mol. The molecule has 1 aromatic heterocycles. The van der Waals surface area contributed by atoms with E-state index >= 15 is 0 Å². The van der Waals surface area contributed by atoms with Crippen molar-refractivity contribution in [3.63, 3.8) is 0 Å². The molecule has 104 valence electrons. The van der Waals surface area contributed by atoms with Crippen molar-refractivity contribution in [1.29, 1.82) is 0 Å². The van der Waals surface area contributed by atoms with Crippen LogP contribution in [0.15, 0.2) is 48.8 Å². The molecule has 0 atom stereocenters. The van der Waals surface area contributed by atoms with Gasteiger partial charge in [-0.2, -0.15) is 0 Å². The van der Waals surface area contributed by atoms with E-state index in [0.717, 1.165) is 24.5 Å². The maximum atomic E-state index is 12.0. The van der Waals surface area contributed by atoms with Crippen LogP contribution in [0.3, 0.4) is 0 Å². The maximum Gasteiger partial charge on any atom is 0.255 e. The van der Waals surface area contributed by atoms with Crippen LogP contribution in [0.25, 0.3) is 0 Å². The normalized spacial score (nSPS) is 10.1. The minimum absolute atomic E-state index is 0.122. The summed E-state index contributed by atoms with van der Waals surface area (Å²) in [5.74, 6) is -0.122. The zero-order chi connectivity index (χ0) is 14.4. The third-order valence-corrected chi connectivity index (χ3v) is 3.20. The van der Waals surface area contributed by atoms with Crippen molar-refractivity contribution in [2.24, 2.45) is 0 Å². The smallest absolute Gasteiger partial charge is 0.255 e. The molecule has 1 N–H and O–H groups in total. The quantitative estimate of drug-likeness (QED) is 0.906. The largest absolute Gasteiger partial charge is 0.372 e. The van der Waals surface area contributed by atoms with Crippen LogP contribution in [0, 0.1) is 0 Å². The zero-order valence-corrected chi connectivity index (χ0v) is 11.8. The average Bonchev–Trinajstić information content (AvgIpc) is 2.51. The van der Waals surface area contributed by atoms with Crippen molar-refractivity contribution in [1.82, 2.24) is 4.98 Å². The molecule has 0 spiro atoms. The van der Waals surface area contributed by atoms with Gasteiger partial charge in [-0.3, -0.25) is 9.78 Å². The fourth-order valence-electron chi connectivity index (χ4n) is 2.05. The number of aromatic nitrogens is 1. The van der Waals surface area contributed by atoms with Crippen LogP contribution in [0.4, 0.5) is 11.4 Å². The number of pyridine rings is 1. The Morgan fingerprint density at radius 2 is 1.65 bits per heavy atom. The molecule has 2 rings (SSSR count). The van der Waals surface area contributed by atoms with E-state index in [9.17, 15) is 4.79 Å². The van der Waals surface area contributed by atoms with E-state index in [4.69, 9.17) is 0 Å². The first kappa shape index (κ1) is 14.1. The number of rotatable bonds is 5. The van der Waals surface area contributed by atoms with Crippen LogP contribution in [0.1, 0.15) is 24.2 Å². The Morgan fingerprint density at radius 3 is 2.20 bits per heavy atom. The molecular formula is C16H19N3O. The van der Waals surface area contributed by atoms with Crippen molar-refractivity contribution in [3.05, 3.63) is 54.4 Å². The lowest BCUT2D eigenvalue weighted by Gasteiger charge is -2.21. The fraction of sp³-hybridized carbons (Fsp3) is 0.250. The highest BCUT2D eigenvalue weighted by Crippen LogP contribution is 2.18. The van der Waals surface area contributed by atoms with E-state index in [1.165, 1.54) is 0 Å². The summed E-state index contributed by atoms with van der Waals surface area (Å²) < 4.78 is 0. The number of nitrogens with one attached hydrogen (secondary N) is 1. The molecule has 0 bridgehead atoms. The first-order valence-electron chi connectivity index (χ1n) is 6.81. The Labute approximate surface area is 119 Å². The topological polar surface area (TPSA) is 45.2 Å². The van der Waals surface area contributed by atoms with Crippen LogP contribution in [-0.2, 0) is 0 Å². The Bertz CT molecular complexity index is 548. The van der Waals surface area contributed by atoms with Gasteiger partial charge >= 0.3 is 0 Å². The first-order valence-corrected chi connectivity index (χ1v) is 6.81. The van der Waals surface area contributed by atoms with Crippen LogP contribution in [-0.4, -0.2) is 24.0 Å². The molecule has 0 fully saturated rings. The molecule has 0 aliphatic carbocycles. The standard InChI is InChI=1S/C16H19N3O/c1-3-19(4-2)15-7-5-14(6-8-15)18-16(20)13-9-11-17-12-10-13/h5-12H,3-4H2,1-2H3,(H,18,20). The Hall–Kier alpha value is -2.36. The molecular weight excluding hydrogens is 250 g/mol. The van der Waals surface area contributed by atoms with Gasteiger partial charge in [0.1, 0.15) is 0 Å². The summed E-state index contributed by atoms with van der Waals surface area (Å²) in [4.78, 5) is 18.2. The van der Waals surface area contributed by atoms with Crippen molar-refractivity contribution < 1.29 is 4.79 Å². The molecule has 4 heteroatoms. The molecule has 1 amide bonds. The monoisotopic (exact) mass is 269 g/mol. The van der Waals surface area contributed by atoms with Crippen molar-refractivity contribution >= 4 is 17.3 Å². The summed E-state index contributed by atoms with van der Waals surface area (Å²) in [6.45, 7) is 6.20. The second kappa shape index (κ2) is 6.70. The third-order valence-electron chi connectivity index (χ3n) is 3.20. The third kappa shape index (κ3) is 3.35. The van der Waals surface area contributed by atoms with E-state index in [0.29, 0.717) is 5.56 Å². The van der Waals surface area contributed by atoms with E-state index in [2.05, 4.69) is 29.0 Å². The van der Waals surface area contributed by atoms with Crippen molar-refractivity contribution in [3.8, 4) is 0 Å². The predicted octanol–water partition coefficient (Wildman–Crippen LogP) is 3.18. The van der Waals surface area contributed by atoms with Gasteiger partial charge in [0.05, 0.1) is 0 Å². The number of benzene rings is 1. The van der Waals surface area contributed by atoms with Crippen LogP contribution in [0.2, 0.25) is 0 Å². The van der Waals surface area contributed by atoms with Crippen molar-refractivity contribution in [2.75, 3.05) is 23.3 Å².